The van der Waals surface area contributed by atoms with Crippen molar-refractivity contribution in [3.8, 4) is 5.88 Å². The van der Waals surface area contributed by atoms with Gasteiger partial charge in [-0.25, -0.2) is 8.89 Å². The van der Waals surface area contributed by atoms with Gasteiger partial charge in [-0.15, -0.1) is 0 Å². The van der Waals surface area contributed by atoms with Crippen molar-refractivity contribution in [1.82, 2.24) is 14.8 Å². The highest BCUT2D eigenvalue weighted by Gasteiger charge is 2.17. The molecular weight excluding hydrogens is 361 g/mol. The highest BCUT2D eigenvalue weighted by atomic mass is 35.5. The number of aromatic nitrogens is 3. The van der Waals surface area contributed by atoms with E-state index >= 15 is 0 Å². The quantitative estimate of drug-likeness (QED) is 0.618. The molecule has 122 valence electrons. The van der Waals surface area contributed by atoms with Crippen LogP contribution in [-0.2, 0) is 17.5 Å². The predicted octanol–water partition coefficient (Wildman–Crippen LogP) is 2.64. The molecule has 4 N–H and O–H groups in total. The lowest BCUT2D eigenvalue weighted by molar-refractivity contribution is 0.495. The number of aromatic amines is 1. The lowest BCUT2D eigenvalue weighted by Crippen LogP contribution is -2.12. The van der Waals surface area contributed by atoms with E-state index in [-0.39, 0.29) is 5.88 Å². The molecule has 7 nitrogen and oxygen atoms in total. The predicted molar refractivity (Wildman–Crippen MR) is 91.1 cm³/mol. The molecule has 0 aliphatic rings. The molecule has 23 heavy (non-hydrogen) atoms. The van der Waals surface area contributed by atoms with Crippen LogP contribution in [0.25, 0.3) is 10.9 Å². The van der Waals surface area contributed by atoms with Crippen molar-refractivity contribution in [3.05, 3.63) is 35.6 Å². The minimum Gasteiger partial charge on any atom is -0.363 e. The van der Waals surface area contributed by atoms with Gasteiger partial charge in [0.15, 0.2) is 11.0 Å². The molecule has 0 aliphatic carbocycles. The average molecular weight is 374 g/mol. The molecule has 0 radical (unpaired) electrons. The van der Waals surface area contributed by atoms with Crippen molar-refractivity contribution in [1.29, 1.82) is 0 Å². The monoisotopic (exact) mass is 373 g/mol. The normalized spacial score (nSPS) is 12.5. The summed E-state index contributed by atoms with van der Waals surface area (Å²) in [5, 5.41) is 5.50. The van der Waals surface area contributed by atoms with E-state index in [2.05, 4.69) is 14.8 Å². The Morgan fingerprint density at radius 3 is 3.04 bits per heavy atom. The Morgan fingerprint density at radius 2 is 2.30 bits per heavy atom. The van der Waals surface area contributed by atoms with Crippen LogP contribution in [-0.4, -0.2) is 25.5 Å². The molecule has 3 aromatic rings. The summed E-state index contributed by atoms with van der Waals surface area (Å²) < 4.78 is 21.7. The van der Waals surface area contributed by atoms with Gasteiger partial charge in [-0.2, -0.15) is 5.10 Å². The Kier molecular flexibility index (Phi) is 4.76. The summed E-state index contributed by atoms with van der Waals surface area (Å²) in [6.07, 6.45) is 3.15. The molecular formula is C13H13Cl2N5O2S. The number of rotatable bonds is 6. The van der Waals surface area contributed by atoms with Crippen LogP contribution in [0, 0.1) is 0 Å². The molecule has 2 heterocycles. The Labute approximate surface area is 144 Å². The second-order valence-corrected chi connectivity index (χ2v) is 6.44. The number of anilines is 1. The smallest absolute Gasteiger partial charge is 0.259 e. The maximum absolute atomic E-state index is 12.6. The van der Waals surface area contributed by atoms with Crippen molar-refractivity contribution < 1.29 is 8.50 Å². The Hall–Kier alpha value is -1.74. The van der Waals surface area contributed by atoms with Crippen LogP contribution in [0.2, 0.25) is 5.02 Å². The largest absolute Gasteiger partial charge is 0.363 e. The zero-order valence-electron chi connectivity index (χ0n) is 11.8. The van der Waals surface area contributed by atoms with Crippen LogP contribution < -0.4 is 14.7 Å². The standard InChI is InChI=1S/C13H13Cl2N5O2S/c14-8-1-2-9-10(5-8)17-7-12(9)23(21)19-11-6-18-20(4-3-16)13(11)22-15/h1-2,5-7,17,19H,3-4,16H2. The fourth-order valence-electron chi connectivity index (χ4n) is 2.19. The molecule has 0 saturated carbocycles. The molecule has 3 rings (SSSR count). The van der Waals surface area contributed by atoms with Crippen molar-refractivity contribution in [2.75, 3.05) is 11.3 Å². The Bertz CT molecular complexity index is 863. The highest BCUT2D eigenvalue weighted by Crippen LogP contribution is 2.29. The van der Waals surface area contributed by atoms with Gasteiger partial charge >= 0.3 is 0 Å². The Balaban J connectivity index is 1.89. The molecule has 0 amide bonds. The Morgan fingerprint density at radius 1 is 1.48 bits per heavy atom. The summed E-state index contributed by atoms with van der Waals surface area (Å²) in [5.41, 5.74) is 6.70. The van der Waals surface area contributed by atoms with Gasteiger partial charge < -0.3 is 15.0 Å². The number of H-pyrrole nitrogens is 1. The minimum atomic E-state index is -1.53. The van der Waals surface area contributed by atoms with Crippen LogP contribution in [0.5, 0.6) is 5.88 Å². The van der Waals surface area contributed by atoms with E-state index in [1.54, 1.807) is 24.4 Å². The van der Waals surface area contributed by atoms with Gasteiger partial charge in [0.2, 0.25) is 0 Å². The number of hydrogen-bond acceptors (Lipinski definition) is 4. The molecule has 0 spiro atoms. The lowest BCUT2D eigenvalue weighted by atomic mass is 10.2. The number of nitrogens with two attached hydrogens (primary N) is 1. The number of nitrogens with one attached hydrogen (secondary N) is 2. The summed E-state index contributed by atoms with van der Waals surface area (Å²) in [6.45, 7) is 0.808. The first-order valence-corrected chi connectivity index (χ1v) is 8.47. The van der Waals surface area contributed by atoms with Crippen molar-refractivity contribution in [2.24, 2.45) is 5.73 Å². The number of halogens is 2. The molecule has 0 fully saturated rings. The van der Waals surface area contributed by atoms with Gasteiger partial charge in [0.05, 0.1) is 17.6 Å². The summed E-state index contributed by atoms with van der Waals surface area (Å²) >= 11 is 11.4. The summed E-state index contributed by atoms with van der Waals surface area (Å²) in [5.74, 6) is 0.258. The molecule has 1 unspecified atom stereocenters. The summed E-state index contributed by atoms with van der Waals surface area (Å²) in [4.78, 5) is 3.62. The van der Waals surface area contributed by atoms with Gasteiger partial charge in [0.1, 0.15) is 17.6 Å². The fraction of sp³-hybridized carbons (Fsp3) is 0.154. The SMILES string of the molecule is NCCn1ncc(NS(=O)c2c[nH]c3cc(Cl)ccc23)c1OCl. The molecule has 10 heteroatoms. The van der Waals surface area contributed by atoms with E-state index in [0.29, 0.717) is 28.7 Å². The maximum Gasteiger partial charge on any atom is 0.259 e. The topological polar surface area (TPSA) is 98.0 Å². The molecule has 2 aromatic heterocycles. The van der Waals surface area contributed by atoms with E-state index in [1.807, 2.05) is 0 Å². The number of fused-ring (bicyclic) bond motifs is 1. The molecule has 0 bridgehead atoms. The molecule has 1 aromatic carbocycles. The summed E-state index contributed by atoms with van der Waals surface area (Å²) in [7, 11) is -1.53. The molecule has 0 aliphatic heterocycles. The molecule has 1 atom stereocenters. The van der Waals surface area contributed by atoms with Crippen molar-refractivity contribution in [2.45, 2.75) is 11.4 Å². The zero-order valence-corrected chi connectivity index (χ0v) is 14.1. The van der Waals surface area contributed by atoms with E-state index in [0.717, 1.165) is 10.9 Å². The van der Waals surface area contributed by atoms with Crippen LogP contribution in [0.1, 0.15) is 0 Å². The average Bonchev–Trinajstić information content (AvgIpc) is 3.11. The van der Waals surface area contributed by atoms with E-state index in [9.17, 15) is 4.21 Å². The van der Waals surface area contributed by atoms with E-state index < -0.39 is 11.0 Å². The number of benzene rings is 1. The van der Waals surface area contributed by atoms with Crippen LogP contribution >= 0.6 is 23.5 Å². The van der Waals surface area contributed by atoms with Gasteiger partial charge in [-0.1, -0.05) is 17.7 Å². The van der Waals surface area contributed by atoms with Crippen LogP contribution in [0.3, 0.4) is 0 Å². The third-order valence-electron chi connectivity index (χ3n) is 3.21. The first kappa shape index (κ1) is 16.1. The maximum atomic E-state index is 12.6. The number of hydrogen-bond donors (Lipinski definition) is 3. The van der Waals surface area contributed by atoms with Gasteiger partial charge in [-0.05, 0) is 12.1 Å². The second kappa shape index (κ2) is 6.79. The summed E-state index contributed by atoms with van der Waals surface area (Å²) in [6, 6.07) is 5.31. The van der Waals surface area contributed by atoms with E-state index in [4.69, 9.17) is 33.5 Å². The second-order valence-electron chi connectivity index (χ2n) is 4.67. The highest BCUT2D eigenvalue weighted by molar-refractivity contribution is 7.86. The first-order chi connectivity index (χ1) is 11.1. The van der Waals surface area contributed by atoms with Crippen LogP contribution in [0.15, 0.2) is 35.5 Å². The van der Waals surface area contributed by atoms with Gasteiger partial charge in [-0.3, -0.25) is 4.72 Å². The fourth-order valence-corrected chi connectivity index (χ4v) is 3.52. The lowest BCUT2D eigenvalue weighted by Gasteiger charge is -2.06. The zero-order chi connectivity index (χ0) is 16.4. The van der Waals surface area contributed by atoms with Crippen LogP contribution in [0.4, 0.5) is 5.69 Å². The van der Waals surface area contributed by atoms with Crippen molar-refractivity contribution in [3.63, 3.8) is 0 Å². The third kappa shape index (κ3) is 3.16. The number of nitrogens with zero attached hydrogens (tertiary/aromatic N) is 2. The third-order valence-corrected chi connectivity index (χ3v) is 4.74. The van der Waals surface area contributed by atoms with Gasteiger partial charge in [0, 0.05) is 28.7 Å². The van der Waals surface area contributed by atoms with Gasteiger partial charge in [0.25, 0.3) is 5.88 Å². The molecule has 0 saturated heterocycles. The first-order valence-electron chi connectivity index (χ1n) is 6.63. The van der Waals surface area contributed by atoms with E-state index in [1.165, 1.54) is 10.9 Å². The minimum absolute atomic E-state index is 0.258. The van der Waals surface area contributed by atoms with Crippen molar-refractivity contribution >= 4 is 51.0 Å².